The molecule has 266 valence electrons. The quantitative estimate of drug-likeness (QED) is 0.158. The zero-order valence-corrected chi connectivity index (χ0v) is 30.6. The van der Waals surface area contributed by atoms with Gasteiger partial charge < -0.3 is 4.90 Å². The van der Waals surface area contributed by atoms with E-state index in [0.29, 0.717) is 11.4 Å². The highest BCUT2D eigenvalue weighted by Crippen LogP contribution is 2.52. The molecular weight excluding hydrogens is 675 g/mol. The van der Waals surface area contributed by atoms with Crippen molar-refractivity contribution >= 4 is 27.8 Å². The van der Waals surface area contributed by atoms with Crippen molar-refractivity contribution in [1.29, 1.82) is 0 Å². The van der Waals surface area contributed by atoms with Crippen LogP contribution in [0.25, 0.3) is 66.4 Å². The molecule has 10 rings (SSSR count). The van der Waals surface area contributed by atoms with Gasteiger partial charge in [-0.15, -0.1) is 0 Å². The summed E-state index contributed by atoms with van der Waals surface area (Å²) in [6.07, 6.45) is 0. The normalized spacial score (nSPS) is 15.9. The van der Waals surface area contributed by atoms with E-state index in [1.807, 2.05) is 91.0 Å². The van der Waals surface area contributed by atoms with Gasteiger partial charge in [0.25, 0.3) is 0 Å². The molecule has 9 aromatic carbocycles. The molecule has 56 heavy (non-hydrogen) atoms. The molecule has 0 amide bonds. The van der Waals surface area contributed by atoms with Crippen LogP contribution in [-0.4, -0.2) is 0 Å². The fraction of sp³-hybridized carbons (Fsp3) is 0.0545. The van der Waals surface area contributed by atoms with Crippen LogP contribution in [0.1, 0.15) is 42.8 Å². The Kier molecular flexibility index (Phi) is 5.49. The average molecular weight is 729 g/mol. The Morgan fingerprint density at radius 1 is 0.375 bits per heavy atom. The summed E-state index contributed by atoms with van der Waals surface area (Å²) in [6.45, 7) is 4.45. The first-order chi connectivity index (χ1) is 32.9. The number of benzene rings is 9. The maximum absolute atomic E-state index is 9.62. The molecule has 9 aromatic rings. The molecule has 0 heterocycles. The number of hydrogen-bond donors (Lipinski definition) is 0. The standard InChI is InChI=1S/C55H41N/c1-55(2)53-21-9-8-18-51(53)52-20-11-19-50(54(52)55)43-30-34-48(35-31-43)56(49-17-10-16-45(37-49)46-27-26-39-14-6-7-15-44(39)36-46)47-32-28-42(29-33-47)41-24-22-40(23-25-41)38-12-4-3-5-13-38/h3-37H,1-2H3/i3D,4D,5D,12D,13D,22D,23D,24D,25D,28D,29D,32D,33D. The summed E-state index contributed by atoms with van der Waals surface area (Å²) in [4.78, 5) is 1.66. The molecule has 0 fully saturated rings. The first kappa shape index (κ1) is 22.4. The van der Waals surface area contributed by atoms with Crippen molar-refractivity contribution in [2.24, 2.45) is 0 Å². The summed E-state index contributed by atoms with van der Waals surface area (Å²) >= 11 is 0. The Morgan fingerprint density at radius 3 is 1.70 bits per heavy atom. The van der Waals surface area contributed by atoms with E-state index in [0.717, 1.165) is 33.0 Å². The molecule has 1 heteroatoms. The first-order valence-corrected chi connectivity index (χ1v) is 18.5. The maximum Gasteiger partial charge on any atom is 0.0645 e. The highest BCUT2D eigenvalue weighted by atomic mass is 15.1. The van der Waals surface area contributed by atoms with E-state index in [1.165, 1.54) is 22.3 Å². The minimum absolute atomic E-state index is 0.125. The predicted octanol–water partition coefficient (Wildman–Crippen LogP) is 15.3. The van der Waals surface area contributed by atoms with Crippen molar-refractivity contribution < 1.29 is 17.8 Å². The molecule has 0 N–H and O–H groups in total. The van der Waals surface area contributed by atoms with Crippen molar-refractivity contribution in [3.05, 3.63) is 223 Å². The van der Waals surface area contributed by atoms with Gasteiger partial charge in [-0.25, -0.2) is 0 Å². The molecule has 1 nitrogen and oxygen atoms in total. The van der Waals surface area contributed by atoms with E-state index in [1.54, 1.807) is 4.90 Å². The lowest BCUT2D eigenvalue weighted by atomic mass is 9.79. The number of nitrogens with zero attached hydrogens (tertiary/aromatic N) is 1. The third-order valence-electron chi connectivity index (χ3n) is 10.7. The summed E-state index contributed by atoms with van der Waals surface area (Å²) in [5, 5.41) is 2.11. The van der Waals surface area contributed by atoms with Crippen LogP contribution in [0.3, 0.4) is 0 Å². The van der Waals surface area contributed by atoms with Gasteiger partial charge in [0.1, 0.15) is 0 Å². The SMILES string of the molecule is [2H]c1c([2H])c([2H])c(-c2c([2H])c([2H])c(-c3c([2H])c([2H])c(N(c4ccc(-c5cccc6c5C(C)(C)c5ccccc5-6)cc4)c4cccc(-c5ccc6ccccc6c5)c4)c([2H])c3[2H])c([2H])c2[2H])c([2H])c1[2H]. The summed E-state index contributed by atoms with van der Waals surface area (Å²) in [5.41, 5.74) is 7.07. The van der Waals surface area contributed by atoms with Gasteiger partial charge >= 0.3 is 0 Å². The second kappa shape index (κ2) is 13.7. The molecule has 0 aliphatic heterocycles. The summed E-state index contributed by atoms with van der Waals surface area (Å²) in [7, 11) is 0. The lowest BCUT2D eigenvalue weighted by Crippen LogP contribution is -2.16. The molecular formula is C55H41N. The molecule has 0 saturated carbocycles. The highest BCUT2D eigenvalue weighted by molar-refractivity contribution is 5.90. The Balaban J connectivity index is 1.15. The minimum atomic E-state index is -0.769. The number of anilines is 3. The number of rotatable bonds is 7. The van der Waals surface area contributed by atoms with Crippen molar-refractivity contribution in [3.8, 4) is 55.6 Å². The van der Waals surface area contributed by atoms with Gasteiger partial charge in [-0.3, -0.25) is 0 Å². The molecule has 0 radical (unpaired) electrons. The van der Waals surface area contributed by atoms with E-state index >= 15 is 0 Å². The van der Waals surface area contributed by atoms with Crippen LogP contribution in [0.15, 0.2) is 212 Å². The van der Waals surface area contributed by atoms with Crippen molar-refractivity contribution in [3.63, 3.8) is 0 Å². The van der Waals surface area contributed by atoms with Crippen LogP contribution in [0.5, 0.6) is 0 Å². The van der Waals surface area contributed by atoms with Crippen molar-refractivity contribution in [2.45, 2.75) is 19.3 Å². The third kappa shape index (κ3) is 5.90. The Bertz CT molecular complexity index is 3550. The van der Waals surface area contributed by atoms with Gasteiger partial charge in [0.15, 0.2) is 0 Å². The Hall–Kier alpha value is -6.96. The fourth-order valence-electron chi connectivity index (χ4n) is 7.96. The number of hydrogen-bond acceptors (Lipinski definition) is 1. The van der Waals surface area contributed by atoms with Crippen LogP contribution >= 0.6 is 0 Å². The molecule has 0 atom stereocenters. The van der Waals surface area contributed by atoms with Crippen molar-refractivity contribution in [1.82, 2.24) is 0 Å². The lowest BCUT2D eigenvalue weighted by Gasteiger charge is -2.27. The van der Waals surface area contributed by atoms with Gasteiger partial charge in [-0.2, -0.15) is 0 Å². The van der Waals surface area contributed by atoms with Crippen LogP contribution in [0.2, 0.25) is 0 Å². The fourth-order valence-corrected chi connectivity index (χ4v) is 7.96. The predicted molar refractivity (Wildman–Crippen MR) is 238 cm³/mol. The zero-order valence-electron chi connectivity index (χ0n) is 43.6. The van der Waals surface area contributed by atoms with E-state index < -0.39 is 101 Å². The molecule has 0 aromatic heterocycles. The molecule has 0 spiro atoms. The topological polar surface area (TPSA) is 3.24 Å². The monoisotopic (exact) mass is 728 g/mol. The summed E-state index contributed by atoms with van der Waals surface area (Å²) < 4.78 is 116. The van der Waals surface area contributed by atoms with E-state index in [9.17, 15) is 5.48 Å². The van der Waals surface area contributed by atoms with Crippen LogP contribution in [0, 0.1) is 0 Å². The Morgan fingerprint density at radius 2 is 0.946 bits per heavy atom. The molecule has 0 saturated heterocycles. The van der Waals surface area contributed by atoms with E-state index in [4.69, 9.17) is 12.3 Å². The smallest absolute Gasteiger partial charge is 0.0645 e. The lowest BCUT2D eigenvalue weighted by molar-refractivity contribution is 0.662. The van der Waals surface area contributed by atoms with Crippen molar-refractivity contribution in [2.75, 3.05) is 4.90 Å². The molecule has 1 aliphatic carbocycles. The maximum atomic E-state index is 9.62. The largest absolute Gasteiger partial charge is 0.310 e. The number of fused-ring (bicyclic) bond motifs is 4. The van der Waals surface area contributed by atoms with E-state index in [2.05, 4.69) is 56.3 Å². The minimum Gasteiger partial charge on any atom is -0.310 e. The second-order valence-electron chi connectivity index (χ2n) is 14.4. The van der Waals surface area contributed by atoms with Crippen LogP contribution < -0.4 is 4.90 Å². The zero-order chi connectivity index (χ0) is 49.0. The van der Waals surface area contributed by atoms with Gasteiger partial charge in [-0.05, 0) is 120 Å². The van der Waals surface area contributed by atoms with Crippen LogP contribution in [-0.2, 0) is 5.41 Å². The average Bonchev–Trinajstić information content (AvgIpc) is 3.60. The van der Waals surface area contributed by atoms with Gasteiger partial charge in [0, 0.05) is 22.5 Å². The van der Waals surface area contributed by atoms with E-state index in [-0.39, 0.29) is 11.1 Å². The van der Waals surface area contributed by atoms with Gasteiger partial charge in [-0.1, -0.05) is 183 Å². The highest BCUT2D eigenvalue weighted by Gasteiger charge is 2.37. The first-order valence-electron chi connectivity index (χ1n) is 25.0. The summed E-state index contributed by atoms with van der Waals surface area (Å²) in [5.74, 6) is 0. The van der Waals surface area contributed by atoms with Gasteiger partial charge in [0.05, 0.1) is 17.8 Å². The summed E-state index contributed by atoms with van der Waals surface area (Å²) in [6, 6.07) is 35.3. The Labute approximate surface area is 348 Å². The third-order valence-corrected chi connectivity index (χ3v) is 10.7. The van der Waals surface area contributed by atoms with Gasteiger partial charge in [0.2, 0.25) is 0 Å². The van der Waals surface area contributed by atoms with Crippen LogP contribution in [0.4, 0.5) is 17.1 Å². The molecule has 0 bridgehead atoms. The molecule has 1 aliphatic rings. The second-order valence-corrected chi connectivity index (χ2v) is 14.4. The molecule has 0 unspecified atom stereocenters.